The van der Waals surface area contributed by atoms with E-state index >= 15 is 0 Å². The number of nitrogens with one attached hydrogen (secondary N) is 1. The van der Waals surface area contributed by atoms with Crippen molar-refractivity contribution in [2.24, 2.45) is 0 Å². The third-order valence-electron chi connectivity index (χ3n) is 3.68. The highest BCUT2D eigenvalue weighted by Crippen LogP contribution is 2.28. The lowest BCUT2D eigenvalue weighted by Crippen LogP contribution is -2.29. The van der Waals surface area contributed by atoms with Crippen molar-refractivity contribution in [3.8, 4) is 0 Å². The Morgan fingerprint density at radius 3 is 3.00 bits per heavy atom. The summed E-state index contributed by atoms with van der Waals surface area (Å²) in [7, 11) is 1.68. The summed E-state index contributed by atoms with van der Waals surface area (Å²) in [5.74, 6) is 1.77. The summed E-state index contributed by atoms with van der Waals surface area (Å²) < 4.78 is 10.8. The zero-order valence-electron chi connectivity index (χ0n) is 10.8. The maximum absolute atomic E-state index is 5.46. The van der Waals surface area contributed by atoms with Gasteiger partial charge in [-0.2, -0.15) is 4.98 Å². The second kappa shape index (κ2) is 5.14. The first kappa shape index (κ1) is 12.5. The predicted molar refractivity (Wildman–Crippen MR) is 63.8 cm³/mol. The summed E-state index contributed by atoms with van der Waals surface area (Å²) >= 11 is 0. The lowest BCUT2D eigenvalue weighted by Gasteiger charge is -2.22. The van der Waals surface area contributed by atoms with Crippen molar-refractivity contribution in [2.75, 3.05) is 20.2 Å². The fraction of sp³-hybridized carbons (Fsp3) is 0.833. The molecule has 2 rings (SSSR count). The number of methoxy groups -OCH3 is 1. The predicted octanol–water partition coefficient (Wildman–Crippen LogP) is 1.81. The number of rotatable bonds is 4. The molecule has 2 atom stereocenters. The van der Waals surface area contributed by atoms with Gasteiger partial charge in [-0.05, 0) is 32.7 Å². The molecule has 5 heteroatoms. The third-order valence-corrected chi connectivity index (χ3v) is 3.68. The second-order valence-corrected chi connectivity index (χ2v) is 4.79. The summed E-state index contributed by atoms with van der Waals surface area (Å²) in [6.45, 7) is 6.06. The van der Waals surface area contributed by atoms with E-state index in [4.69, 9.17) is 9.26 Å². The quantitative estimate of drug-likeness (QED) is 0.868. The molecule has 0 saturated carbocycles. The van der Waals surface area contributed by atoms with Crippen LogP contribution in [-0.2, 0) is 10.3 Å². The van der Waals surface area contributed by atoms with Crippen molar-refractivity contribution < 1.29 is 9.26 Å². The lowest BCUT2D eigenvalue weighted by atomic mass is 9.99. The molecule has 1 aliphatic heterocycles. The normalized spacial score (nSPS) is 24.5. The topological polar surface area (TPSA) is 60.2 Å². The van der Waals surface area contributed by atoms with E-state index in [1.807, 2.05) is 6.92 Å². The number of aromatic nitrogens is 2. The Morgan fingerprint density at radius 2 is 2.41 bits per heavy atom. The third kappa shape index (κ3) is 2.50. The Kier molecular flexibility index (Phi) is 3.79. The number of nitrogens with zero attached hydrogens (tertiary/aromatic N) is 2. The van der Waals surface area contributed by atoms with Gasteiger partial charge in [0.2, 0.25) is 0 Å². The highest BCUT2D eigenvalue weighted by molar-refractivity contribution is 5.02. The van der Waals surface area contributed by atoms with Crippen molar-refractivity contribution in [3.63, 3.8) is 0 Å². The van der Waals surface area contributed by atoms with Crippen LogP contribution < -0.4 is 5.32 Å². The first-order valence-electron chi connectivity index (χ1n) is 6.29. The van der Waals surface area contributed by atoms with Crippen LogP contribution >= 0.6 is 0 Å². The standard InChI is InChI=1S/C12H21N3O2/c1-4-12(2,16-3)11-14-10(15-17-11)9-6-5-7-13-8-9/h9,13H,4-8H2,1-3H3. The van der Waals surface area contributed by atoms with E-state index in [-0.39, 0.29) is 0 Å². The molecular weight excluding hydrogens is 218 g/mol. The molecule has 0 aromatic carbocycles. The Balaban J connectivity index is 2.14. The molecule has 2 heterocycles. The van der Waals surface area contributed by atoms with Gasteiger partial charge in [0.05, 0.1) is 0 Å². The average Bonchev–Trinajstić information content (AvgIpc) is 2.89. The van der Waals surface area contributed by atoms with Crippen molar-refractivity contribution in [2.45, 2.75) is 44.6 Å². The Morgan fingerprint density at radius 1 is 1.59 bits per heavy atom. The molecule has 1 fully saturated rings. The number of ether oxygens (including phenoxy) is 1. The van der Waals surface area contributed by atoms with Crippen molar-refractivity contribution in [1.29, 1.82) is 0 Å². The van der Waals surface area contributed by atoms with Gasteiger partial charge >= 0.3 is 0 Å². The van der Waals surface area contributed by atoms with Crippen molar-refractivity contribution in [3.05, 3.63) is 11.7 Å². The molecule has 0 bridgehead atoms. The van der Waals surface area contributed by atoms with Gasteiger partial charge in [-0.25, -0.2) is 0 Å². The fourth-order valence-electron chi connectivity index (χ4n) is 2.07. The SMILES string of the molecule is CCC(C)(OC)c1nc(C2CCCNC2)no1. The molecule has 1 aromatic rings. The smallest absolute Gasteiger partial charge is 0.258 e. The van der Waals surface area contributed by atoms with Gasteiger partial charge in [-0.1, -0.05) is 12.1 Å². The molecule has 96 valence electrons. The van der Waals surface area contributed by atoms with Crippen molar-refractivity contribution >= 4 is 0 Å². The van der Waals surface area contributed by atoms with E-state index in [0.717, 1.165) is 31.8 Å². The van der Waals surface area contributed by atoms with E-state index in [1.54, 1.807) is 7.11 Å². The second-order valence-electron chi connectivity index (χ2n) is 4.79. The maximum atomic E-state index is 5.46. The van der Waals surface area contributed by atoms with Gasteiger partial charge in [0.1, 0.15) is 5.60 Å². The van der Waals surface area contributed by atoms with Crippen LogP contribution in [0.25, 0.3) is 0 Å². The Bertz CT molecular complexity index is 354. The number of hydrogen-bond donors (Lipinski definition) is 1. The van der Waals surface area contributed by atoms with Gasteiger partial charge in [0, 0.05) is 19.6 Å². The molecule has 17 heavy (non-hydrogen) atoms. The minimum absolute atomic E-state index is 0.374. The largest absolute Gasteiger partial charge is 0.369 e. The molecule has 1 aromatic heterocycles. The van der Waals surface area contributed by atoms with Crippen LogP contribution in [0.4, 0.5) is 0 Å². The summed E-state index contributed by atoms with van der Waals surface area (Å²) in [6, 6.07) is 0. The molecular formula is C12H21N3O2. The van der Waals surface area contributed by atoms with Crippen LogP contribution in [0.3, 0.4) is 0 Å². The molecule has 0 amide bonds. The molecule has 2 unspecified atom stereocenters. The fourth-order valence-corrected chi connectivity index (χ4v) is 2.07. The van der Waals surface area contributed by atoms with Crippen LogP contribution in [0.5, 0.6) is 0 Å². The Labute approximate surface area is 102 Å². The highest BCUT2D eigenvalue weighted by Gasteiger charge is 2.32. The summed E-state index contributed by atoms with van der Waals surface area (Å²) in [5, 5.41) is 7.45. The zero-order valence-corrected chi connectivity index (χ0v) is 10.8. The van der Waals surface area contributed by atoms with Gasteiger partial charge in [-0.15, -0.1) is 0 Å². The molecule has 0 aliphatic carbocycles. The lowest BCUT2D eigenvalue weighted by molar-refractivity contribution is -0.0272. The van der Waals surface area contributed by atoms with Gasteiger partial charge in [0.15, 0.2) is 5.82 Å². The maximum Gasteiger partial charge on any atom is 0.258 e. The van der Waals surface area contributed by atoms with E-state index < -0.39 is 5.60 Å². The highest BCUT2D eigenvalue weighted by atomic mass is 16.5. The average molecular weight is 239 g/mol. The minimum Gasteiger partial charge on any atom is -0.369 e. The minimum atomic E-state index is -0.465. The Hall–Kier alpha value is -0.940. The molecule has 1 N–H and O–H groups in total. The van der Waals surface area contributed by atoms with Gasteiger partial charge < -0.3 is 14.6 Å². The van der Waals surface area contributed by atoms with Gasteiger partial charge in [-0.3, -0.25) is 0 Å². The number of piperidine rings is 1. The number of hydrogen-bond acceptors (Lipinski definition) is 5. The molecule has 1 aliphatic rings. The molecule has 1 saturated heterocycles. The zero-order chi connectivity index (χ0) is 12.3. The van der Waals surface area contributed by atoms with Crippen LogP contribution in [0.1, 0.15) is 50.7 Å². The van der Waals surface area contributed by atoms with Crippen LogP contribution in [0.2, 0.25) is 0 Å². The first-order chi connectivity index (χ1) is 8.19. The summed E-state index contributed by atoms with van der Waals surface area (Å²) in [6.07, 6.45) is 3.11. The van der Waals surface area contributed by atoms with Gasteiger partial charge in [0.25, 0.3) is 5.89 Å². The van der Waals surface area contributed by atoms with Crippen molar-refractivity contribution in [1.82, 2.24) is 15.5 Å². The van der Waals surface area contributed by atoms with E-state index in [1.165, 1.54) is 6.42 Å². The molecule has 0 spiro atoms. The monoisotopic (exact) mass is 239 g/mol. The van der Waals surface area contributed by atoms with E-state index in [0.29, 0.717) is 11.8 Å². The van der Waals surface area contributed by atoms with Crippen LogP contribution in [0, 0.1) is 0 Å². The summed E-state index contributed by atoms with van der Waals surface area (Å²) in [5.41, 5.74) is -0.465. The molecule has 5 nitrogen and oxygen atoms in total. The molecule has 0 radical (unpaired) electrons. The van der Waals surface area contributed by atoms with E-state index in [9.17, 15) is 0 Å². The first-order valence-corrected chi connectivity index (χ1v) is 6.29. The van der Waals surface area contributed by atoms with E-state index in [2.05, 4.69) is 22.4 Å². The summed E-state index contributed by atoms with van der Waals surface area (Å²) in [4.78, 5) is 4.50. The van der Waals surface area contributed by atoms with Crippen LogP contribution in [0.15, 0.2) is 4.52 Å². The van der Waals surface area contributed by atoms with Crippen LogP contribution in [-0.4, -0.2) is 30.3 Å².